The summed E-state index contributed by atoms with van der Waals surface area (Å²) in [6, 6.07) is 11.4. The van der Waals surface area contributed by atoms with Crippen LogP contribution in [0.2, 0.25) is 5.02 Å². The van der Waals surface area contributed by atoms with Gasteiger partial charge in [0.25, 0.3) is 5.91 Å². The fourth-order valence-corrected chi connectivity index (χ4v) is 5.22. The molecule has 1 N–H and O–H groups in total. The van der Waals surface area contributed by atoms with Crippen molar-refractivity contribution in [1.29, 1.82) is 0 Å². The van der Waals surface area contributed by atoms with Crippen molar-refractivity contribution >= 4 is 39.2 Å². The smallest absolute Gasteiger partial charge is 0.338 e. The summed E-state index contributed by atoms with van der Waals surface area (Å²) in [6.07, 6.45) is 1.27. The first kappa shape index (κ1) is 20.8. The Hall–Kier alpha value is -2.42. The van der Waals surface area contributed by atoms with Crippen molar-refractivity contribution in [2.75, 3.05) is 11.4 Å². The molecule has 2 aromatic carbocycles. The first-order valence-electron chi connectivity index (χ1n) is 9.68. The summed E-state index contributed by atoms with van der Waals surface area (Å²) in [5.41, 5.74) is 1.90. The minimum Gasteiger partial charge on any atom is -0.449 e. The van der Waals surface area contributed by atoms with Crippen LogP contribution in [-0.4, -0.2) is 39.0 Å². The van der Waals surface area contributed by atoms with Crippen LogP contribution in [0.3, 0.4) is 0 Å². The lowest BCUT2D eigenvalue weighted by Gasteiger charge is -2.21. The van der Waals surface area contributed by atoms with Crippen LogP contribution in [0.4, 0.5) is 5.69 Å². The first-order valence-corrected chi connectivity index (χ1v) is 11.5. The molecule has 0 bridgehead atoms. The molecule has 9 heteroatoms. The average molecular weight is 449 g/mol. The Morgan fingerprint density at radius 1 is 1.20 bits per heavy atom. The molecule has 1 saturated carbocycles. The van der Waals surface area contributed by atoms with E-state index in [1.807, 2.05) is 24.3 Å². The Balaban J connectivity index is 1.48. The number of carbonyl (C=O) groups excluding carboxylic acids is 2. The molecule has 158 valence electrons. The molecule has 0 aromatic heterocycles. The molecule has 4 rings (SSSR count). The predicted octanol–water partition coefficient (Wildman–Crippen LogP) is 2.92. The molecular weight excluding hydrogens is 428 g/mol. The van der Waals surface area contributed by atoms with Gasteiger partial charge in [-0.25, -0.2) is 17.9 Å². The molecule has 0 saturated heterocycles. The summed E-state index contributed by atoms with van der Waals surface area (Å²) in [5, 5.41) is 0.0116. The van der Waals surface area contributed by atoms with Crippen molar-refractivity contribution in [2.24, 2.45) is 0 Å². The third kappa shape index (κ3) is 4.21. The van der Waals surface area contributed by atoms with Gasteiger partial charge in [-0.3, -0.25) is 4.79 Å². The number of rotatable bonds is 6. The highest BCUT2D eigenvalue weighted by atomic mass is 35.5. The van der Waals surface area contributed by atoms with Crippen molar-refractivity contribution in [1.82, 2.24) is 4.72 Å². The van der Waals surface area contributed by atoms with E-state index in [2.05, 4.69) is 4.72 Å². The van der Waals surface area contributed by atoms with Crippen LogP contribution in [-0.2, 0) is 26.0 Å². The highest BCUT2D eigenvalue weighted by molar-refractivity contribution is 7.89. The lowest BCUT2D eigenvalue weighted by Crippen LogP contribution is -2.39. The van der Waals surface area contributed by atoms with E-state index in [9.17, 15) is 18.0 Å². The van der Waals surface area contributed by atoms with Crippen LogP contribution in [0, 0.1) is 0 Å². The molecule has 0 spiro atoms. The molecule has 2 aromatic rings. The first-order chi connectivity index (χ1) is 14.3. The molecule has 1 aliphatic carbocycles. The van der Waals surface area contributed by atoms with Crippen molar-refractivity contribution < 1.29 is 22.7 Å². The van der Waals surface area contributed by atoms with Gasteiger partial charge in [-0.1, -0.05) is 29.8 Å². The van der Waals surface area contributed by atoms with Crippen LogP contribution in [0.15, 0.2) is 47.4 Å². The zero-order valence-corrected chi connectivity index (χ0v) is 17.9. The summed E-state index contributed by atoms with van der Waals surface area (Å²) in [4.78, 5) is 26.8. The number of hydrogen-bond acceptors (Lipinski definition) is 5. The minimum absolute atomic E-state index is 0.0112. The number of carbonyl (C=O) groups is 2. The molecule has 30 heavy (non-hydrogen) atoms. The fraction of sp³-hybridized carbons (Fsp3) is 0.333. The molecule has 2 aliphatic rings. The maximum Gasteiger partial charge on any atom is 0.338 e. The molecule has 1 atom stereocenters. The van der Waals surface area contributed by atoms with Crippen molar-refractivity contribution in [2.45, 2.75) is 43.2 Å². The van der Waals surface area contributed by atoms with E-state index >= 15 is 0 Å². The van der Waals surface area contributed by atoms with Crippen LogP contribution in [0.1, 0.15) is 35.7 Å². The largest absolute Gasteiger partial charge is 0.449 e. The van der Waals surface area contributed by atoms with Crippen molar-refractivity contribution in [3.63, 3.8) is 0 Å². The van der Waals surface area contributed by atoms with E-state index in [-0.39, 0.29) is 27.4 Å². The van der Waals surface area contributed by atoms with E-state index in [0.717, 1.165) is 30.5 Å². The number of benzene rings is 2. The Morgan fingerprint density at radius 2 is 1.93 bits per heavy atom. The number of sulfonamides is 1. The number of para-hydroxylation sites is 1. The molecule has 1 amide bonds. The van der Waals surface area contributed by atoms with Crippen molar-refractivity contribution in [3.8, 4) is 0 Å². The lowest BCUT2D eigenvalue weighted by atomic mass is 10.2. The summed E-state index contributed by atoms with van der Waals surface area (Å²) < 4.78 is 32.9. The third-order valence-electron chi connectivity index (χ3n) is 5.14. The number of nitrogens with one attached hydrogen (secondary N) is 1. The normalized spacial score (nSPS) is 16.8. The van der Waals surface area contributed by atoms with Gasteiger partial charge in [0, 0.05) is 18.3 Å². The zero-order chi connectivity index (χ0) is 21.5. The van der Waals surface area contributed by atoms with Gasteiger partial charge in [0.15, 0.2) is 6.10 Å². The van der Waals surface area contributed by atoms with Crippen molar-refractivity contribution in [3.05, 3.63) is 58.6 Å². The van der Waals surface area contributed by atoms with Gasteiger partial charge in [0.05, 0.1) is 10.6 Å². The number of halogens is 1. The number of nitrogens with zero attached hydrogens (tertiary/aromatic N) is 1. The van der Waals surface area contributed by atoms with Gasteiger partial charge >= 0.3 is 5.97 Å². The van der Waals surface area contributed by atoms with Gasteiger partial charge in [-0.05, 0) is 56.0 Å². The standard InChI is InChI=1S/C21H21ClN2O5S/c1-13(20(25)24-11-10-14-4-2-3-5-18(14)24)29-21(26)15-6-9-17(22)19(12-15)30(27,28)23-16-7-8-16/h2-6,9,12-13,16,23H,7-8,10-11H2,1H3. The summed E-state index contributed by atoms with van der Waals surface area (Å²) in [7, 11) is -3.84. The Labute approximate surface area is 180 Å². The molecule has 1 aliphatic heterocycles. The second-order valence-corrected chi connectivity index (χ2v) is 9.55. The highest BCUT2D eigenvalue weighted by Crippen LogP contribution is 2.29. The molecule has 1 unspecified atom stereocenters. The van der Waals surface area contributed by atoms with Gasteiger partial charge in [0.2, 0.25) is 10.0 Å². The van der Waals surface area contributed by atoms with Crippen LogP contribution < -0.4 is 9.62 Å². The molecule has 0 radical (unpaired) electrons. The van der Waals surface area contributed by atoms with E-state index in [4.69, 9.17) is 16.3 Å². The number of ether oxygens (including phenoxy) is 1. The third-order valence-corrected chi connectivity index (χ3v) is 7.14. The molecule has 1 fully saturated rings. The number of amides is 1. The van der Waals surface area contributed by atoms with Gasteiger partial charge in [-0.2, -0.15) is 0 Å². The number of esters is 1. The number of fused-ring (bicyclic) bond motifs is 1. The summed E-state index contributed by atoms with van der Waals surface area (Å²) in [5.74, 6) is -1.12. The number of anilines is 1. The van der Waals surface area contributed by atoms with Crippen LogP contribution in [0.5, 0.6) is 0 Å². The zero-order valence-electron chi connectivity index (χ0n) is 16.3. The topological polar surface area (TPSA) is 92.8 Å². The maximum atomic E-state index is 12.8. The summed E-state index contributed by atoms with van der Waals surface area (Å²) in [6.45, 7) is 2.03. The average Bonchev–Trinajstić information content (AvgIpc) is 3.41. The monoisotopic (exact) mass is 448 g/mol. The van der Waals surface area contributed by atoms with Gasteiger partial charge in [-0.15, -0.1) is 0 Å². The second-order valence-electron chi connectivity index (χ2n) is 7.46. The highest BCUT2D eigenvalue weighted by Gasteiger charge is 2.32. The van der Waals surface area contributed by atoms with E-state index in [1.165, 1.54) is 25.1 Å². The SMILES string of the molecule is CC(OC(=O)c1ccc(Cl)c(S(=O)(=O)NC2CC2)c1)C(=O)N1CCc2ccccc21. The Morgan fingerprint density at radius 3 is 2.67 bits per heavy atom. The molecular formula is C21H21ClN2O5S. The number of hydrogen-bond donors (Lipinski definition) is 1. The maximum absolute atomic E-state index is 12.8. The minimum atomic E-state index is -3.84. The van der Waals surface area contributed by atoms with E-state index in [0.29, 0.717) is 6.54 Å². The van der Waals surface area contributed by atoms with Crippen LogP contribution >= 0.6 is 11.6 Å². The Kier molecular flexibility index (Phi) is 5.57. The fourth-order valence-electron chi connectivity index (χ4n) is 3.39. The second kappa shape index (κ2) is 8.02. The summed E-state index contributed by atoms with van der Waals surface area (Å²) >= 11 is 6.05. The van der Waals surface area contributed by atoms with Gasteiger partial charge in [0.1, 0.15) is 4.90 Å². The molecule has 7 nitrogen and oxygen atoms in total. The van der Waals surface area contributed by atoms with Gasteiger partial charge < -0.3 is 9.64 Å². The molecule has 1 heterocycles. The lowest BCUT2D eigenvalue weighted by molar-refractivity contribution is -0.126. The van der Waals surface area contributed by atoms with Crippen LogP contribution in [0.25, 0.3) is 0 Å². The quantitative estimate of drug-likeness (QED) is 0.686. The van der Waals surface area contributed by atoms with E-state index < -0.39 is 22.1 Å². The van der Waals surface area contributed by atoms with E-state index in [1.54, 1.807) is 4.90 Å². The predicted molar refractivity (Wildman–Crippen MR) is 112 cm³/mol. The Bertz CT molecular complexity index is 1110.